The summed E-state index contributed by atoms with van der Waals surface area (Å²) in [5, 5.41) is 18.4. The Hall–Kier alpha value is -2.44. The molecule has 3 aromatic rings. The Morgan fingerprint density at radius 2 is 2.04 bits per heavy atom. The van der Waals surface area contributed by atoms with E-state index in [0.717, 1.165) is 38.2 Å². The highest BCUT2D eigenvalue weighted by atomic mass is 16.3. The van der Waals surface area contributed by atoms with Gasteiger partial charge >= 0.3 is 0 Å². The maximum absolute atomic E-state index is 10.9. The van der Waals surface area contributed by atoms with Crippen LogP contribution in [0, 0.1) is 13.8 Å². The lowest BCUT2D eigenvalue weighted by atomic mass is 9.91. The minimum Gasteiger partial charge on any atom is -0.388 e. The second kappa shape index (κ2) is 7.29. The number of aryl methyl sites for hydroxylation is 2. The van der Waals surface area contributed by atoms with Gasteiger partial charge in [-0.3, -0.25) is 10.00 Å². The molecule has 3 heterocycles. The highest BCUT2D eigenvalue weighted by Crippen LogP contribution is 2.29. The first-order valence-corrected chi connectivity index (χ1v) is 9.53. The summed E-state index contributed by atoms with van der Waals surface area (Å²) in [6.45, 7) is 7.47. The van der Waals surface area contributed by atoms with Crippen molar-refractivity contribution in [2.45, 2.75) is 45.4 Å². The van der Waals surface area contributed by atoms with Crippen molar-refractivity contribution in [2.24, 2.45) is 0 Å². The molecule has 0 bridgehead atoms. The van der Waals surface area contributed by atoms with Gasteiger partial charge in [0.05, 0.1) is 30.4 Å². The van der Waals surface area contributed by atoms with Gasteiger partial charge in [-0.1, -0.05) is 17.7 Å². The summed E-state index contributed by atoms with van der Waals surface area (Å²) in [4.78, 5) is 6.47. The van der Waals surface area contributed by atoms with Gasteiger partial charge < -0.3 is 9.67 Å². The van der Waals surface area contributed by atoms with Crippen LogP contribution in [0.1, 0.15) is 29.5 Å². The Balaban J connectivity index is 1.43. The number of piperidine rings is 1. The van der Waals surface area contributed by atoms with Crippen molar-refractivity contribution < 1.29 is 5.11 Å². The summed E-state index contributed by atoms with van der Waals surface area (Å²) in [5.74, 6) is 0. The Bertz CT molecular complexity index is 891. The highest BCUT2D eigenvalue weighted by Gasteiger charge is 2.32. The molecule has 0 atom stereocenters. The van der Waals surface area contributed by atoms with E-state index in [9.17, 15) is 5.11 Å². The first kappa shape index (κ1) is 17.9. The standard InChI is InChI=1S/C21H27N5O/c1-16-3-4-17(2)19(11-16)20-18(12-23-24-20)13-25-8-5-21(27,6-9-25)14-26-10-7-22-15-26/h3-4,7,10-12,15,27H,5-6,8-9,13-14H2,1-2H3,(H,23,24). The Morgan fingerprint density at radius 3 is 2.78 bits per heavy atom. The largest absolute Gasteiger partial charge is 0.388 e. The van der Waals surface area contributed by atoms with E-state index in [1.54, 1.807) is 12.5 Å². The maximum Gasteiger partial charge on any atom is 0.0946 e. The van der Waals surface area contributed by atoms with Crippen molar-refractivity contribution in [3.05, 3.63) is 59.8 Å². The third kappa shape index (κ3) is 3.96. The normalized spacial score (nSPS) is 17.3. The molecule has 2 N–H and O–H groups in total. The Morgan fingerprint density at radius 1 is 1.22 bits per heavy atom. The van der Waals surface area contributed by atoms with Gasteiger partial charge in [0, 0.05) is 43.2 Å². The minimum absolute atomic E-state index is 0.611. The van der Waals surface area contributed by atoms with Crippen molar-refractivity contribution in [1.82, 2.24) is 24.6 Å². The molecule has 2 aromatic heterocycles. The van der Waals surface area contributed by atoms with Crippen LogP contribution in [0.25, 0.3) is 11.3 Å². The number of rotatable bonds is 5. The monoisotopic (exact) mass is 365 g/mol. The molecule has 0 radical (unpaired) electrons. The van der Waals surface area contributed by atoms with Crippen LogP contribution in [0.4, 0.5) is 0 Å². The molecule has 27 heavy (non-hydrogen) atoms. The van der Waals surface area contributed by atoms with Crippen LogP contribution in [-0.2, 0) is 13.1 Å². The molecule has 1 aliphatic heterocycles. The number of hydrogen-bond acceptors (Lipinski definition) is 4. The summed E-state index contributed by atoms with van der Waals surface area (Å²) in [5.41, 5.74) is 5.39. The van der Waals surface area contributed by atoms with Gasteiger partial charge in [-0.15, -0.1) is 0 Å². The predicted octanol–water partition coefficient (Wildman–Crippen LogP) is 2.92. The fraction of sp³-hybridized carbons (Fsp3) is 0.429. The van der Waals surface area contributed by atoms with E-state index in [1.807, 2.05) is 17.0 Å². The number of aromatic amines is 1. The summed E-state index contributed by atoms with van der Waals surface area (Å²) < 4.78 is 1.96. The van der Waals surface area contributed by atoms with Gasteiger partial charge in [0.15, 0.2) is 0 Å². The first-order valence-electron chi connectivity index (χ1n) is 9.53. The second-order valence-corrected chi connectivity index (χ2v) is 7.82. The van der Waals surface area contributed by atoms with Crippen LogP contribution in [0.5, 0.6) is 0 Å². The van der Waals surface area contributed by atoms with Gasteiger partial charge in [-0.2, -0.15) is 5.10 Å². The van der Waals surface area contributed by atoms with Crippen LogP contribution in [-0.4, -0.2) is 48.4 Å². The summed E-state index contributed by atoms with van der Waals surface area (Å²) in [7, 11) is 0. The number of imidazole rings is 1. The average molecular weight is 365 g/mol. The molecule has 6 nitrogen and oxygen atoms in total. The van der Waals surface area contributed by atoms with E-state index in [1.165, 1.54) is 22.3 Å². The number of benzene rings is 1. The van der Waals surface area contributed by atoms with Crippen LogP contribution in [0.15, 0.2) is 43.1 Å². The molecule has 0 unspecified atom stereocenters. The van der Waals surface area contributed by atoms with E-state index in [0.29, 0.717) is 6.54 Å². The molecule has 1 aliphatic rings. The quantitative estimate of drug-likeness (QED) is 0.729. The number of nitrogens with zero attached hydrogens (tertiary/aromatic N) is 4. The van der Waals surface area contributed by atoms with Crippen molar-refractivity contribution in [3.8, 4) is 11.3 Å². The molecule has 0 aliphatic carbocycles. The zero-order valence-electron chi connectivity index (χ0n) is 16.0. The molecule has 1 aromatic carbocycles. The number of H-pyrrole nitrogens is 1. The number of likely N-dealkylation sites (tertiary alicyclic amines) is 1. The summed E-state index contributed by atoms with van der Waals surface area (Å²) in [6, 6.07) is 6.51. The Labute approximate surface area is 159 Å². The van der Waals surface area contributed by atoms with Crippen molar-refractivity contribution in [2.75, 3.05) is 13.1 Å². The average Bonchev–Trinajstić information content (AvgIpc) is 3.31. The van der Waals surface area contributed by atoms with E-state index >= 15 is 0 Å². The van der Waals surface area contributed by atoms with Crippen molar-refractivity contribution in [1.29, 1.82) is 0 Å². The van der Waals surface area contributed by atoms with E-state index in [2.05, 4.69) is 52.1 Å². The lowest BCUT2D eigenvalue weighted by Crippen LogP contribution is -2.46. The first-order chi connectivity index (χ1) is 13.0. The number of aliphatic hydroxyl groups is 1. The summed E-state index contributed by atoms with van der Waals surface area (Å²) >= 11 is 0. The van der Waals surface area contributed by atoms with Gasteiger partial charge in [0.2, 0.25) is 0 Å². The smallest absolute Gasteiger partial charge is 0.0946 e. The van der Waals surface area contributed by atoms with Crippen LogP contribution in [0.2, 0.25) is 0 Å². The molecular weight excluding hydrogens is 338 g/mol. The molecule has 4 rings (SSSR count). The van der Waals surface area contributed by atoms with Crippen LogP contribution < -0.4 is 0 Å². The molecule has 6 heteroatoms. The topological polar surface area (TPSA) is 70.0 Å². The van der Waals surface area contributed by atoms with Crippen LogP contribution in [0.3, 0.4) is 0 Å². The molecule has 142 valence electrons. The lowest BCUT2D eigenvalue weighted by molar-refractivity contribution is -0.0357. The third-order valence-electron chi connectivity index (χ3n) is 5.60. The minimum atomic E-state index is -0.649. The number of nitrogens with one attached hydrogen (secondary N) is 1. The highest BCUT2D eigenvalue weighted by molar-refractivity contribution is 5.67. The Kier molecular flexibility index (Phi) is 4.85. The summed E-state index contributed by atoms with van der Waals surface area (Å²) in [6.07, 6.45) is 8.90. The zero-order valence-corrected chi connectivity index (χ0v) is 16.0. The molecule has 0 amide bonds. The maximum atomic E-state index is 10.9. The molecule has 1 fully saturated rings. The van der Waals surface area contributed by atoms with Crippen molar-refractivity contribution in [3.63, 3.8) is 0 Å². The van der Waals surface area contributed by atoms with Gasteiger partial charge in [-0.25, -0.2) is 4.98 Å². The van der Waals surface area contributed by atoms with Gasteiger partial charge in [0.1, 0.15) is 0 Å². The number of aromatic nitrogens is 4. The van der Waals surface area contributed by atoms with E-state index in [4.69, 9.17) is 0 Å². The van der Waals surface area contributed by atoms with Gasteiger partial charge in [0.25, 0.3) is 0 Å². The molecule has 0 saturated carbocycles. The third-order valence-corrected chi connectivity index (χ3v) is 5.60. The number of hydrogen-bond donors (Lipinski definition) is 2. The van der Waals surface area contributed by atoms with Crippen LogP contribution >= 0.6 is 0 Å². The fourth-order valence-electron chi connectivity index (χ4n) is 3.92. The molecular formula is C21H27N5O. The SMILES string of the molecule is Cc1ccc(C)c(-c2[nH]ncc2CN2CCC(O)(Cn3ccnc3)CC2)c1. The fourth-order valence-corrected chi connectivity index (χ4v) is 3.92. The molecule has 1 saturated heterocycles. The lowest BCUT2D eigenvalue weighted by Gasteiger charge is -2.38. The van der Waals surface area contributed by atoms with Gasteiger partial charge in [-0.05, 0) is 38.3 Å². The zero-order chi connectivity index (χ0) is 18.9. The van der Waals surface area contributed by atoms with E-state index in [-0.39, 0.29) is 0 Å². The van der Waals surface area contributed by atoms with E-state index < -0.39 is 5.60 Å². The second-order valence-electron chi connectivity index (χ2n) is 7.82. The van der Waals surface area contributed by atoms with Crippen molar-refractivity contribution >= 4 is 0 Å². The predicted molar refractivity (Wildman–Crippen MR) is 105 cm³/mol. The molecule has 0 spiro atoms.